The molecule has 8 heteroatoms. The Morgan fingerprint density at radius 3 is 2.61 bits per heavy atom. The third kappa shape index (κ3) is 4.59. The molecule has 1 amide bonds. The van der Waals surface area contributed by atoms with Gasteiger partial charge in [0, 0.05) is 44.5 Å². The van der Waals surface area contributed by atoms with E-state index in [-0.39, 0.29) is 10.8 Å². The Bertz CT molecular complexity index is 906. The van der Waals surface area contributed by atoms with Gasteiger partial charge in [0.25, 0.3) is 5.91 Å². The number of nitrogens with one attached hydrogen (secondary N) is 1. The van der Waals surface area contributed by atoms with Crippen molar-refractivity contribution in [2.24, 2.45) is 10.2 Å². The normalized spacial score (nSPS) is 18.4. The van der Waals surface area contributed by atoms with Crippen LogP contribution in [-0.4, -0.2) is 43.9 Å². The number of terminal acetylenes is 1. The molecule has 2 heterocycles. The zero-order chi connectivity index (χ0) is 20.2. The molecule has 0 aliphatic carbocycles. The van der Waals surface area contributed by atoms with Crippen LogP contribution in [-0.2, 0) is 10.0 Å². The molecule has 0 saturated carbocycles. The topological polar surface area (TPSA) is 91.2 Å². The van der Waals surface area contributed by atoms with Gasteiger partial charge in [-0.15, -0.1) is 12.3 Å². The lowest BCUT2D eigenvalue weighted by atomic mass is 10.0. The molecule has 0 radical (unpaired) electrons. The van der Waals surface area contributed by atoms with Gasteiger partial charge in [0.15, 0.2) is 5.66 Å². The van der Waals surface area contributed by atoms with E-state index in [4.69, 9.17) is 6.42 Å². The van der Waals surface area contributed by atoms with Gasteiger partial charge in [0.2, 0.25) is 10.0 Å². The van der Waals surface area contributed by atoms with Crippen LogP contribution in [0, 0.1) is 19.3 Å². The van der Waals surface area contributed by atoms with Crippen LogP contribution in [0.5, 0.6) is 0 Å². The average molecular weight is 403 g/mol. The van der Waals surface area contributed by atoms with Crippen LogP contribution in [0.1, 0.15) is 54.4 Å². The van der Waals surface area contributed by atoms with Crippen molar-refractivity contribution in [2.75, 3.05) is 19.6 Å². The number of sulfonamides is 1. The second kappa shape index (κ2) is 8.41. The van der Waals surface area contributed by atoms with Gasteiger partial charge < -0.3 is 5.32 Å². The Labute approximate surface area is 166 Å². The standard InChI is InChI=1S/C20H26N4O3S/c1-3-4-10-20(22-23-20)11-12-21-19(25)18-15-17(9-8-16(18)2)28(26,27)24-13-6-5-7-14-24/h1,8-9,15H,4-7,10-14H2,2H3,(H,21,25). The highest BCUT2D eigenvalue weighted by atomic mass is 32.2. The Morgan fingerprint density at radius 1 is 1.25 bits per heavy atom. The van der Waals surface area contributed by atoms with E-state index >= 15 is 0 Å². The van der Waals surface area contributed by atoms with Crippen LogP contribution in [0.15, 0.2) is 33.3 Å². The van der Waals surface area contributed by atoms with Gasteiger partial charge in [-0.2, -0.15) is 14.5 Å². The molecule has 1 saturated heterocycles. The number of carbonyl (C=O) groups excluding carboxylic acids is 1. The highest BCUT2D eigenvalue weighted by Gasteiger charge is 2.38. The molecule has 1 fully saturated rings. The molecule has 150 valence electrons. The van der Waals surface area contributed by atoms with Crippen molar-refractivity contribution < 1.29 is 13.2 Å². The van der Waals surface area contributed by atoms with Gasteiger partial charge in [0.05, 0.1) is 4.90 Å². The first-order chi connectivity index (χ1) is 13.4. The predicted octanol–water partition coefficient (Wildman–Crippen LogP) is 2.87. The fraction of sp³-hybridized carbons (Fsp3) is 0.550. The molecule has 1 aromatic carbocycles. The molecular weight excluding hydrogens is 376 g/mol. The lowest BCUT2D eigenvalue weighted by Crippen LogP contribution is -2.36. The van der Waals surface area contributed by atoms with E-state index < -0.39 is 15.7 Å². The van der Waals surface area contributed by atoms with Crippen LogP contribution in [0.25, 0.3) is 0 Å². The number of piperidine rings is 1. The Morgan fingerprint density at radius 2 is 1.96 bits per heavy atom. The summed E-state index contributed by atoms with van der Waals surface area (Å²) in [4.78, 5) is 12.8. The highest BCUT2D eigenvalue weighted by molar-refractivity contribution is 7.89. The van der Waals surface area contributed by atoms with E-state index in [1.165, 1.54) is 10.4 Å². The van der Waals surface area contributed by atoms with E-state index in [1.54, 1.807) is 19.1 Å². The number of hydrogen-bond donors (Lipinski definition) is 1. The monoisotopic (exact) mass is 402 g/mol. The molecule has 0 atom stereocenters. The number of hydrogen-bond acceptors (Lipinski definition) is 5. The van der Waals surface area contributed by atoms with Crippen LogP contribution in [0.3, 0.4) is 0 Å². The zero-order valence-corrected chi connectivity index (χ0v) is 17.0. The number of nitrogens with zero attached hydrogens (tertiary/aromatic N) is 3. The second-order valence-corrected chi connectivity index (χ2v) is 9.27. The molecular formula is C20H26N4O3S. The summed E-state index contributed by atoms with van der Waals surface area (Å²) in [7, 11) is -3.57. The summed E-state index contributed by atoms with van der Waals surface area (Å²) in [6, 6.07) is 4.74. The van der Waals surface area contributed by atoms with Gasteiger partial charge in [-0.3, -0.25) is 4.79 Å². The van der Waals surface area contributed by atoms with Gasteiger partial charge in [0.1, 0.15) is 0 Å². The third-order valence-corrected chi connectivity index (χ3v) is 7.16. The summed E-state index contributed by atoms with van der Waals surface area (Å²) in [5.41, 5.74) is 0.659. The van der Waals surface area contributed by atoms with Crippen molar-refractivity contribution in [1.29, 1.82) is 0 Å². The summed E-state index contributed by atoms with van der Waals surface area (Å²) >= 11 is 0. The van der Waals surface area contributed by atoms with Crippen LogP contribution >= 0.6 is 0 Å². The van der Waals surface area contributed by atoms with Crippen molar-refractivity contribution in [3.63, 3.8) is 0 Å². The molecule has 0 bridgehead atoms. The van der Waals surface area contributed by atoms with E-state index in [1.807, 2.05) is 0 Å². The lowest BCUT2D eigenvalue weighted by molar-refractivity contribution is 0.0951. The van der Waals surface area contributed by atoms with Crippen molar-refractivity contribution in [3.05, 3.63) is 29.3 Å². The van der Waals surface area contributed by atoms with Crippen LogP contribution < -0.4 is 5.32 Å². The van der Waals surface area contributed by atoms with Gasteiger partial charge in [-0.1, -0.05) is 12.5 Å². The van der Waals surface area contributed by atoms with E-state index in [0.717, 1.165) is 24.8 Å². The van der Waals surface area contributed by atoms with E-state index in [9.17, 15) is 13.2 Å². The fourth-order valence-corrected chi connectivity index (χ4v) is 4.94. The lowest BCUT2D eigenvalue weighted by Gasteiger charge is -2.26. The number of amides is 1. The van der Waals surface area contributed by atoms with Gasteiger partial charge in [-0.05, 0) is 37.5 Å². The molecule has 2 aliphatic rings. The van der Waals surface area contributed by atoms with Crippen LogP contribution in [0.2, 0.25) is 0 Å². The maximum absolute atomic E-state index is 12.9. The minimum absolute atomic E-state index is 0.169. The quantitative estimate of drug-likeness (QED) is 0.678. The summed E-state index contributed by atoms with van der Waals surface area (Å²) < 4.78 is 27.3. The second-order valence-electron chi connectivity index (χ2n) is 7.33. The summed E-state index contributed by atoms with van der Waals surface area (Å²) in [6.45, 7) is 3.26. The number of benzene rings is 1. The maximum Gasteiger partial charge on any atom is 0.251 e. The molecule has 7 nitrogen and oxygen atoms in total. The number of rotatable bonds is 8. The van der Waals surface area contributed by atoms with Crippen LogP contribution in [0.4, 0.5) is 0 Å². The Hall–Kier alpha value is -2.24. The van der Waals surface area contributed by atoms with Crippen molar-refractivity contribution in [3.8, 4) is 12.3 Å². The van der Waals surface area contributed by atoms with Gasteiger partial charge >= 0.3 is 0 Å². The summed E-state index contributed by atoms with van der Waals surface area (Å²) in [5, 5.41) is 11.0. The first kappa shape index (κ1) is 20.5. The third-order valence-electron chi connectivity index (χ3n) is 5.27. The minimum Gasteiger partial charge on any atom is -0.352 e. The molecule has 1 N–H and O–H groups in total. The van der Waals surface area contributed by atoms with Crippen molar-refractivity contribution in [2.45, 2.75) is 56.0 Å². The van der Waals surface area contributed by atoms with E-state index in [2.05, 4.69) is 21.5 Å². The fourth-order valence-electron chi connectivity index (χ4n) is 3.40. The molecule has 2 aliphatic heterocycles. The summed E-state index contributed by atoms with van der Waals surface area (Å²) in [5.74, 6) is 2.28. The smallest absolute Gasteiger partial charge is 0.251 e. The van der Waals surface area contributed by atoms with Gasteiger partial charge in [-0.25, -0.2) is 8.42 Å². The van der Waals surface area contributed by atoms with Crippen molar-refractivity contribution >= 4 is 15.9 Å². The molecule has 1 aromatic rings. The molecule has 0 aromatic heterocycles. The van der Waals surface area contributed by atoms with Crippen molar-refractivity contribution in [1.82, 2.24) is 9.62 Å². The average Bonchev–Trinajstić information content (AvgIpc) is 3.47. The first-order valence-corrected chi connectivity index (χ1v) is 11.1. The Balaban J connectivity index is 1.66. The Kier molecular flexibility index (Phi) is 6.16. The summed E-state index contributed by atoms with van der Waals surface area (Å²) in [6.07, 6.45) is 9.94. The predicted molar refractivity (Wildman–Crippen MR) is 106 cm³/mol. The van der Waals surface area contributed by atoms with E-state index in [0.29, 0.717) is 44.5 Å². The SMILES string of the molecule is C#CCCC1(CCNC(=O)c2cc(S(=O)(=O)N3CCCCC3)ccc2C)N=N1. The number of carbonyl (C=O) groups is 1. The first-order valence-electron chi connectivity index (χ1n) is 9.64. The minimum atomic E-state index is -3.57. The molecule has 0 unspecified atom stereocenters. The molecule has 3 rings (SSSR count). The number of aryl methyl sites for hydroxylation is 1. The zero-order valence-electron chi connectivity index (χ0n) is 16.1. The molecule has 28 heavy (non-hydrogen) atoms. The highest BCUT2D eigenvalue weighted by Crippen LogP contribution is 2.36. The molecule has 0 spiro atoms. The largest absolute Gasteiger partial charge is 0.352 e. The maximum atomic E-state index is 12.9.